The summed E-state index contributed by atoms with van der Waals surface area (Å²) < 4.78 is 5.54. The number of ether oxygens (including phenoxy) is 1. The fourth-order valence-electron chi connectivity index (χ4n) is 4.22. The summed E-state index contributed by atoms with van der Waals surface area (Å²) in [5.41, 5.74) is 0. The highest BCUT2D eigenvalue weighted by Gasteiger charge is 2.37. The summed E-state index contributed by atoms with van der Waals surface area (Å²) in [7, 11) is 0. The van der Waals surface area contributed by atoms with Gasteiger partial charge in [0.05, 0.1) is 0 Å². The second-order valence-corrected chi connectivity index (χ2v) is 7.72. The predicted molar refractivity (Wildman–Crippen MR) is 99.9 cm³/mol. The second kappa shape index (κ2) is 9.55. The molecule has 0 aromatic heterocycles. The first-order valence-corrected chi connectivity index (χ1v) is 10.3. The van der Waals surface area contributed by atoms with Gasteiger partial charge in [-0.15, -0.1) is 0 Å². The van der Waals surface area contributed by atoms with Gasteiger partial charge in [0.25, 0.3) is 0 Å². The Morgan fingerprint density at radius 3 is 2.54 bits per heavy atom. The van der Waals surface area contributed by atoms with Crippen LogP contribution >= 0.6 is 0 Å². The van der Waals surface area contributed by atoms with Crippen molar-refractivity contribution in [3.63, 3.8) is 0 Å². The maximum atomic E-state index is 12.5. The Morgan fingerprint density at radius 1 is 1.08 bits per heavy atom. The lowest BCUT2D eigenvalue weighted by atomic mass is 9.98. The largest absolute Gasteiger partial charge is 0.381 e. The van der Waals surface area contributed by atoms with E-state index >= 15 is 0 Å². The third-order valence-electron chi connectivity index (χ3n) is 5.76. The zero-order valence-corrected chi connectivity index (χ0v) is 16.0. The van der Waals surface area contributed by atoms with E-state index in [1.807, 2.05) is 6.92 Å². The average Bonchev–Trinajstić information content (AvgIpc) is 3.51. The number of carbonyl (C=O) groups is 2. The summed E-state index contributed by atoms with van der Waals surface area (Å²) in [6.07, 6.45) is 6.42. The van der Waals surface area contributed by atoms with Crippen LogP contribution in [-0.2, 0) is 9.53 Å². The molecule has 3 amide bonds. The molecule has 0 bridgehead atoms. The summed E-state index contributed by atoms with van der Waals surface area (Å²) in [5, 5.41) is 5.73. The zero-order valence-electron chi connectivity index (χ0n) is 16.0. The molecule has 2 aliphatic heterocycles. The summed E-state index contributed by atoms with van der Waals surface area (Å²) in [5.74, 6) is 0.659. The molecule has 1 atom stereocenters. The van der Waals surface area contributed by atoms with Gasteiger partial charge in [-0.3, -0.25) is 9.69 Å². The molecule has 2 N–H and O–H groups in total. The van der Waals surface area contributed by atoms with Gasteiger partial charge in [0.1, 0.15) is 0 Å². The molecule has 1 aliphatic carbocycles. The minimum absolute atomic E-state index is 0.103. The maximum absolute atomic E-state index is 12.5. The van der Waals surface area contributed by atoms with E-state index in [-0.39, 0.29) is 6.03 Å². The normalized spacial score (nSPS) is 24.5. The van der Waals surface area contributed by atoms with Crippen LogP contribution in [0.5, 0.6) is 0 Å². The van der Waals surface area contributed by atoms with Gasteiger partial charge in [0, 0.05) is 63.9 Å². The Hall–Kier alpha value is -1.34. The fourth-order valence-corrected chi connectivity index (χ4v) is 4.22. The monoisotopic (exact) mass is 366 g/mol. The number of piperidine rings is 1. The number of urea groups is 1. The second-order valence-electron chi connectivity index (χ2n) is 7.72. The Balaban J connectivity index is 1.57. The van der Waals surface area contributed by atoms with E-state index in [1.54, 1.807) is 0 Å². The summed E-state index contributed by atoms with van der Waals surface area (Å²) in [6.45, 7) is 7.38. The van der Waals surface area contributed by atoms with Crippen LogP contribution in [0.3, 0.4) is 0 Å². The molecule has 3 rings (SSSR count). The van der Waals surface area contributed by atoms with Crippen LogP contribution in [0.25, 0.3) is 0 Å². The van der Waals surface area contributed by atoms with Crippen molar-refractivity contribution in [3.05, 3.63) is 0 Å². The lowest BCUT2D eigenvalue weighted by Gasteiger charge is -2.44. The fraction of sp³-hybridized carbons (Fsp3) is 0.895. The first-order chi connectivity index (χ1) is 12.7. The number of amides is 3. The molecule has 3 fully saturated rings. The third kappa shape index (κ3) is 5.33. The molecular weight excluding hydrogens is 332 g/mol. The van der Waals surface area contributed by atoms with E-state index in [4.69, 9.17) is 4.74 Å². The number of rotatable bonds is 7. The summed E-state index contributed by atoms with van der Waals surface area (Å²) in [6, 6.07) is 0.778. The Bertz CT molecular complexity index is 477. The lowest BCUT2D eigenvalue weighted by molar-refractivity contribution is -0.135. The SMILES string of the molecule is CCNC(=O)NCCN(C1CCOCC1)C1CCCN(C(=O)C2CC2)C1. The van der Waals surface area contributed by atoms with Gasteiger partial charge in [0.15, 0.2) is 0 Å². The molecular formula is C19H34N4O3. The molecule has 2 saturated heterocycles. The smallest absolute Gasteiger partial charge is 0.314 e. The molecule has 26 heavy (non-hydrogen) atoms. The Kier molecular flexibility index (Phi) is 7.14. The van der Waals surface area contributed by atoms with Gasteiger partial charge in [-0.2, -0.15) is 0 Å². The van der Waals surface area contributed by atoms with E-state index in [0.717, 1.165) is 71.4 Å². The Labute approximate surface area is 156 Å². The molecule has 7 nitrogen and oxygen atoms in total. The van der Waals surface area contributed by atoms with Gasteiger partial charge >= 0.3 is 6.03 Å². The Morgan fingerprint density at radius 2 is 1.85 bits per heavy atom. The molecule has 0 aromatic carbocycles. The van der Waals surface area contributed by atoms with Crippen molar-refractivity contribution in [2.45, 2.75) is 57.5 Å². The van der Waals surface area contributed by atoms with Crippen molar-refractivity contribution in [2.24, 2.45) is 5.92 Å². The van der Waals surface area contributed by atoms with E-state index < -0.39 is 0 Å². The molecule has 2 heterocycles. The molecule has 0 aromatic rings. The highest BCUT2D eigenvalue weighted by Crippen LogP contribution is 2.32. The van der Waals surface area contributed by atoms with Crippen molar-refractivity contribution < 1.29 is 14.3 Å². The van der Waals surface area contributed by atoms with Crippen LogP contribution in [0, 0.1) is 5.92 Å². The molecule has 0 spiro atoms. The molecule has 1 unspecified atom stereocenters. The van der Waals surface area contributed by atoms with Crippen LogP contribution < -0.4 is 10.6 Å². The van der Waals surface area contributed by atoms with Crippen LogP contribution in [-0.4, -0.2) is 79.8 Å². The molecule has 3 aliphatic rings. The van der Waals surface area contributed by atoms with Gasteiger partial charge < -0.3 is 20.3 Å². The number of nitrogens with zero attached hydrogens (tertiary/aromatic N) is 2. The van der Waals surface area contributed by atoms with Crippen LogP contribution in [0.1, 0.15) is 45.4 Å². The predicted octanol–water partition coefficient (Wildman–Crippen LogP) is 1.19. The van der Waals surface area contributed by atoms with E-state index in [2.05, 4.69) is 20.4 Å². The van der Waals surface area contributed by atoms with E-state index in [9.17, 15) is 9.59 Å². The number of nitrogens with one attached hydrogen (secondary N) is 2. The highest BCUT2D eigenvalue weighted by atomic mass is 16.5. The van der Waals surface area contributed by atoms with Crippen molar-refractivity contribution in [1.29, 1.82) is 0 Å². The average molecular weight is 367 g/mol. The van der Waals surface area contributed by atoms with Crippen molar-refractivity contribution in [2.75, 3.05) is 45.9 Å². The maximum Gasteiger partial charge on any atom is 0.314 e. The number of carbonyl (C=O) groups excluding carboxylic acids is 2. The number of hydrogen-bond donors (Lipinski definition) is 2. The summed E-state index contributed by atoms with van der Waals surface area (Å²) >= 11 is 0. The van der Waals surface area contributed by atoms with Crippen LogP contribution in [0.4, 0.5) is 4.79 Å². The van der Waals surface area contributed by atoms with Crippen molar-refractivity contribution in [1.82, 2.24) is 20.4 Å². The first-order valence-electron chi connectivity index (χ1n) is 10.3. The zero-order chi connectivity index (χ0) is 18.4. The van der Waals surface area contributed by atoms with Crippen molar-refractivity contribution >= 4 is 11.9 Å². The van der Waals surface area contributed by atoms with Gasteiger partial charge in [-0.05, 0) is 45.4 Å². The third-order valence-corrected chi connectivity index (χ3v) is 5.76. The molecule has 148 valence electrons. The van der Waals surface area contributed by atoms with Gasteiger partial charge in [-0.1, -0.05) is 0 Å². The topological polar surface area (TPSA) is 73.9 Å². The van der Waals surface area contributed by atoms with Crippen LogP contribution in [0.2, 0.25) is 0 Å². The van der Waals surface area contributed by atoms with E-state index in [1.165, 1.54) is 0 Å². The number of likely N-dealkylation sites (tertiary alicyclic amines) is 1. The van der Waals surface area contributed by atoms with Crippen molar-refractivity contribution in [3.8, 4) is 0 Å². The quantitative estimate of drug-likeness (QED) is 0.710. The first kappa shape index (κ1) is 19.4. The summed E-state index contributed by atoms with van der Waals surface area (Å²) in [4.78, 5) is 28.8. The minimum Gasteiger partial charge on any atom is -0.381 e. The lowest BCUT2D eigenvalue weighted by Crippen LogP contribution is -2.56. The van der Waals surface area contributed by atoms with Gasteiger partial charge in [0.2, 0.25) is 5.91 Å². The minimum atomic E-state index is -0.103. The van der Waals surface area contributed by atoms with Crippen LogP contribution in [0.15, 0.2) is 0 Å². The van der Waals surface area contributed by atoms with E-state index in [0.29, 0.717) is 37.0 Å². The standard InChI is InChI=1S/C19H34N4O3/c1-2-20-19(25)21-9-11-23(16-7-12-26-13-8-16)17-4-3-10-22(14-17)18(24)15-5-6-15/h15-17H,2-14H2,1H3,(H2,20,21,25). The molecule has 1 saturated carbocycles. The number of hydrogen-bond acceptors (Lipinski definition) is 4. The molecule has 0 radical (unpaired) electrons. The highest BCUT2D eigenvalue weighted by molar-refractivity contribution is 5.81. The molecule has 7 heteroatoms. The van der Waals surface area contributed by atoms with Gasteiger partial charge in [-0.25, -0.2) is 4.79 Å².